The summed E-state index contributed by atoms with van der Waals surface area (Å²) in [7, 11) is -5.19. The molecule has 0 aromatic heterocycles. The van der Waals surface area contributed by atoms with Crippen LogP contribution in [0, 0.1) is 29.1 Å². The third-order valence-electron chi connectivity index (χ3n) is 13.6. The summed E-state index contributed by atoms with van der Waals surface area (Å²) in [5, 5.41) is 16.0. The van der Waals surface area contributed by atoms with Gasteiger partial charge >= 0.3 is 17.2 Å². The molecule has 0 aliphatic carbocycles. The summed E-state index contributed by atoms with van der Waals surface area (Å²) < 4.78 is 12.9. The van der Waals surface area contributed by atoms with Crippen LogP contribution in [0.3, 0.4) is 0 Å². The van der Waals surface area contributed by atoms with Gasteiger partial charge in [-0.15, -0.1) is 0 Å². The Morgan fingerprint density at radius 1 is 0.444 bits per heavy atom. The van der Waals surface area contributed by atoms with E-state index >= 15 is 0 Å². The quantitative estimate of drug-likeness (QED) is 0.0673. The van der Waals surface area contributed by atoms with Crippen LogP contribution in [0.2, 0.25) is 0 Å². The molecule has 0 spiro atoms. The molecule has 10 nitrogen and oxygen atoms in total. The second-order valence-electron chi connectivity index (χ2n) is 23.7. The highest BCUT2D eigenvalue weighted by atomic mass is 31.2. The lowest BCUT2D eigenvalue weighted by Gasteiger charge is -2.70. The topological polar surface area (TPSA) is 148 Å². The van der Waals surface area contributed by atoms with Crippen molar-refractivity contribution in [3.05, 3.63) is 0 Å². The highest BCUT2D eigenvalue weighted by molar-refractivity contribution is 7.39. The Hall–Kier alpha value is 0.460. The molecule has 4 rings (SSSR count). The summed E-state index contributed by atoms with van der Waals surface area (Å²) in [6.45, 7) is 37.6. The lowest BCUT2D eigenvalue weighted by molar-refractivity contribution is -0.246. The Labute approximate surface area is 333 Å². The first-order valence-electron chi connectivity index (χ1n) is 21.0. The maximum absolute atomic E-state index is 11.7. The minimum atomic E-state index is -2.75. The molecule has 0 saturated carbocycles. The van der Waals surface area contributed by atoms with E-state index in [9.17, 15) is 19.6 Å². The molecule has 4 fully saturated rings. The van der Waals surface area contributed by atoms with Crippen LogP contribution in [0.25, 0.3) is 0 Å². The van der Waals surface area contributed by atoms with Crippen LogP contribution in [0.15, 0.2) is 0 Å². The van der Waals surface area contributed by atoms with Crippen LogP contribution in [-0.4, -0.2) is 76.1 Å². The van der Waals surface area contributed by atoms with Crippen molar-refractivity contribution in [2.75, 3.05) is 6.61 Å². The number of rotatable bonds is 13. The van der Waals surface area contributed by atoms with E-state index in [0.717, 1.165) is 64.2 Å². The Balaban J connectivity index is 2.21. The fourth-order valence-electron chi connectivity index (χ4n) is 14.3. The SMILES string of the molecule is CC1(C)CC(C(CCCCOP(O)O)(C2CC(C)(C)NC(C)(C)C2)C(OP(O)O)(C2CC(C)(C)NC(C)(C)C2)C2CC(C)(C)NC(C)(C)C2)CC(C)(C)N1. The Morgan fingerprint density at radius 2 is 0.722 bits per heavy atom. The van der Waals surface area contributed by atoms with E-state index < -0.39 is 28.2 Å². The molecule has 0 bridgehead atoms. The zero-order valence-electron chi connectivity index (χ0n) is 37.3. The highest BCUT2D eigenvalue weighted by Crippen LogP contribution is 2.70. The lowest BCUT2D eigenvalue weighted by Crippen LogP contribution is -2.75. The summed E-state index contributed by atoms with van der Waals surface area (Å²) in [6, 6.07) is 0. The second-order valence-corrected chi connectivity index (χ2v) is 25.2. The van der Waals surface area contributed by atoms with Gasteiger partial charge in [0.2, 0.25) is 0 Å². The molecule has 0 unspecified atom stereocenters. The number of nitrogens with one attached hydrogen (secondary N) is 4. The molecular weight excluding hydrogens is 718 g/mol. The molecule has 4 saturated heterocycles. The Morgan fingerprint density at radius 3 is 0.981 bits per heavy atom. The van der Waals surface area contributed by atoms with Gasteiger partial charge in [-0.1, -0.05) is 6.42 Å². The van der Waals surface area contributed by atoms with Crippen molar-refractivity contribution in [1.82, 2.24) is 21.3 Å². The van der Waals surface area contributed by atoms with Crippen LogP contribution < -0.4 is 21.3 Å². The van der Waals surface area contributed by atoms with Crippen LogP contribution in [-0.2, 0) is 9.05 Å². The number of hydrogen-bond donors (Lipinski definition) is 8. The molecule has 318 valence electrons. The first-order valence-corrected chi connectivity index (χ1v) is 23.3. The standard InChI is InChI=1S/C42H84N4O6P2/c1-33(2)21-29(22-34(3,4)43-33)41(19-17-18-20-51-53(47)48,30-23-35(5,6)44-36(7,8)24-30)42(52-54(49)50,31-25-37(9,10)45-38(11,12)26-31)32-27-39(13,14)46-40(15,16)28-32/h29-32,43-50H,17-28H2,1-16H3. The molecule has 8 N–H and O–H groups in total. The van der Waals surface area contributed by atoms with E-state index in [1.54, 1.807) is 0 Å². The van der Waals surface area contributed by atoms with Crippen molar-refractivity contribution in [2.45, 2.75) is 231 Å². The predicted octanol–water partition coefficient (Wildman–Crippen LogP) is 8.57. The van der Waals surface area contributed by atoms with Gasteiger partial charge in [-0.2, -0.15) is 0 Å². The largest absolute Gasteiger partial charge is 0.328 e. The molecular formula is C42H84N4O6P2. The molecule has 0 aromatic rings. The van der Waals surface area contributed by atoms with Crippen LogP contribution >= 0.6 is 17.2 Å². The third kappa shape index (κ3) is 11.2. The van der Waals surface area contributed by atoms with E-state index in [1.165, 1.54) is 0 Å². The van der Waals surface area contributed by atoms with Gasteiger partial charge in [-0.25, -0.2) is 0 Å². The molecule has 4 aliphatic rings. The van der Waals surface area contributed by atoms with E-state index in [2.05, 4.69) is 132 Å². The van der Waals surface area contributed by atoms with Crippen LogP contribution in [0.5, 0.6) is 0 Å². The van der Waals surface area contributed by atoms with E-state index in [1.807, 2.05) is 0 Å². The molecule has 4 heterocycles. The van der Waals surface area contributed by atoms with Crippen molar-refractivity contribution < 1.29 is 28.6 Å². The lowest BCUT2D eigenvalue weighted by atomic mass is 9.40. The third-order valence-corrected chi connectivity index (χ3v) is 14.5. The van der Waals surface area contributed by atoms with Crippen molar-refractivity contribution in [1.29, 1.82) is 0 Å². The highest BCUT2D eigenvalue weighted by Gasteiger charge is 2.71. The fourth-order valence-corrected chi connectivity index (χ4v) is 15.4. The fraction of sp³-hybridized carbons (Fsp3) is 1.00. The monoisotopic (exact) mass is 803 g/mol. The van der Waals surface area contributed by atoms with Crippen molar-refractivity contribution >= 4 is 17.2 Å². The van der Waals surface area contributed by atoms with Gasteiger partial charge in [-0.3, -0.25) is 0 Å². The van der Waals surface area contributed by atoms with Gasteiger partial charge in [-0.05, 0) is 199 Å². The first-order chi connectivity index (χ1) is 24.2. The normalized spacial score (nSPS) is 28.8. The summed E-state index contributed by atoms with van der Waals surface area (Å²) in [4.78, 5) is 42.8. The van der Waals surface area contributed by atoms with Gasteiger partial charge in [0.1, 0.15) is 0 Å². The minimum absolute atomic E-state index is 0.0175. The Kier molecular flexibility index (Phi) is 13.8. The minimum Gasteiger partial charge on any atom is -0.328 e. The zero-order valence-corrected chi connectivity index (χ0v) is 39.1. The van der Waals surface area contributed by atoms with E-state index in [4.69, 9.17) is 9.05 Å². The number of piperidine rings is 4. The second kappa shape index (κ2) is 15.8. The zero-order chi connectivity index (χ0) is 41.2. The molecule has 54 heavy (non-hydrogen) atoms. The maximum Gasteiger partial charge on any atom is 0.327 e. The van der Waals surface area contributed by atoms with Crippen LogP contribution in [0.4, 0.5) is 0 Å². The molecule has 0 radical (unpaired) electrons. The van der Waals surface area contributed by atoms with Crippen molar-refractivity contribution in [2.24, 2.45) is 29.1 Å². The average Bonchev–Trinajstić information content (AvgIpc) is 2.86. The Bertz CT molecular complexity index is 1140. The summed E-state index contributed by atoms with van der Waals surface area (Å²) in [6.07, 6.45) is 9.44. The van der Waals surface area contributed by atoms with Gasteiger partial charge in [0.25, 0.3) is 0 Å². The van der Waals surface area contributed by atoms with Gasteiger partial charge in [0, 0.05) is 49.7 Å². The average molecular weight is 803 g/mol. The predicted molar refractivity (Wildman–Crippen MR) is 225 cm³/mol. The summed E-state index contributed by atoms with van der Waals surface area (Å²) in [5.41, 5.74) is -2.97. The first kappa shape index (κ1) is 47.1. The molecule has 0 aromatic carbocycles. The van der Waals surface area contributed by atoms with Gasteiger partial charge < -0.3 is 49.9 Å². The molecule has 4 aliphatic heterocycles. The number of unbranched alkanes of at least 4 members (excludes halogenated alkanes) is 1. The maximum atomic E-state index is 11.7. The van der Waals surface area contributed by atoms with Crippen molar-refractivity contribution in [3.63, 3.8) is 0 Å². The molecule has 0 amide bonds. The van der Waals surface area contributed by atoms with Crippen LogP contribution in [0.1, 0.15) is 181 Å². The molecule has 12 heteroatoms. The van der Waals surface area contributed by atoms with Gasteiger partial charge in [0.05, 0.1) is 12.2 Å². The number of hydrogen-bond acceptors (Lipinski definition) is 10. The smallest absolute Gasteiger partial charge is 0.327 e. The summed E-state index contributed by atoms with van der Waals surface area (Å²) >= 11 is 0. The van der Waals surface area contributed by atoms with E-state index in [0.29, 0.717) is 6.42 Å². The van der Waals surface area contributed by atoms with Crippen molar-refractivity contribution in [3.8, 4) is 0 Å². The van der Waals surface area contributed by atoms with Gasteiger partial charge in [0.15, 0.2) is 0 Å². The molecule has 0 atom stereocenters. The summed E-state index contributed by atoms with van der Waals surface area (Å²) in [5.74, 6) is 0.404. The van der Waals surface area contributed by atoms with E-state index in [-0.39, 0.29) is 74.6 Å².